The molecule has 0 amide bonds. The molecule has 1 heteroatoms. The summed E-state index contributed by atoms with van der Waals surface area (Å²) in [6.07, 6.45) is 30.7. The number of hydrogen-bond donors (Lipinski definition) is 0. The van der Waals surface area contributed by atoms with Gasteiger partial charge < -0.3 is 4.90 Å². The zero-order chi connectivity index (χ0) is 59.2. The number of anilines is 3. The van der Waals surface area contributed by atoms with Crippen molar-refractivity contribution in [3.05, 3.63) is 221 Å². The molecule has 442 valence electrons. The van der Waals surface area contributed by atoms with Gasteiger partial charge in [-0.25, -0.2) is 0 Å². The minimum absolute atomic E-state index is 0.0458. The van der Waals surface area contributed by atoms with Crippen LogP contribution in [0.3, 0.4) is 0 Å². The van der Waals surface area contributed by atoms with Crippen LogP contribution in [0.2, 0.25) is 0 Å². The molecule has 0 radical (unpaired) electrons. The van der Waals surface area contributed by atoms with Gasteiger partial charge in [0.2, 0.25) is 0 Å². The Hall–Kier alpha value is -7.22. The van der Waals surface area contributed by atoms with Crippen LogP contribution in [0.4, 0.5) is 17.1 Å². The molecule has 0 fully saturated rings. The quantitative estimate of drug-likeness (QED) is 0.0320. The van der Waals surface area contributed by atoms with Crippen LogP contribution in [-0.4, -0.2) is 0 Å². The third-order valence-electron chi connectivity index (χ3n) is 19.5. The van der Waals surface area contributed by atoms with Crippen LogP contribution >= 0.6 is 0 Å². The Morgan fingerprint density at radius 3 is 1.35 bits per heavy atom. The molecule has 86 heavy (non-hydrogen) atoms. The molecule has 10 aromatic carbocycles. The molecule has 0 spiro atoms. The average Bonchev–Trinajstić information content (AvgIpc) is 1.59. The highest BCUT2D eigenvalue weighted by molar-refractivity contribution is 6.22. The largest absolute Gasteiger partial charge is 0.310 e. The molecule has 0 aromatic heterocycles. The van der Waals surface area contributed by atoms with Crippen molar-refractivity contribution in [1.29, 1.82) is 0 Å². The molecular formula is C85H97N. The molecule has 0 saturated carbocycles. The van der Waals surface area contributed by atoms with Crippen LogP contribution in [0.1, 0.15) is 202 Å². The van der Waals surface area contributed by atoms with Crippen molar-refractivity contribution in [3.63, 3.8) is 0 Å². The van der Waals surface area contributed by atoms with Gasteiger partial charge in [-0.05, 0) is 200 Å². The summed E-state index contributed by atoms with van der Waals surface area (Å²) in [6, 6.07) is 73.8. The summed E-state index contributed by atoms with van der Waals surface area (Å²) in [5.41, 5.74) is 23.0. The van der Waals surface area contributed by atoms with Crippen LogP contribution in [0, 0.1) is 13.8 Å². The Morgan fingerprint density at radius 2 is 0.756 bits per heavy atom. The molecular weight excluding hydrogens is 1030 g/mol. The number of aryl methyl sites for hydroxylation is 4. The molecule has 0 N–H and O–H groups in total. The van der Waals surface area contributed by atoms with Gasteiger partial charge in [0.25, 0.3) is 0 Å². The van der Waals surface area contributed by atoms with Gasteiger partial charge >= 0.3 is 0 Å². The van der Waals surface area contributed by atoms with Gasteiger partial charge in [0.15, 0.2) is 0 Å². The maximum absolute atomic E-state index is 2.62. The summed E-state index contributed by atoms with van der Waals surface area (Å²) in [5.74, 6) is 0. The first-order valence-corrected chi connectivity index (χ1v) is 34.1. The van der Waals surface area contributed by atoms with Crippen molar-refractivity contribution in [3.8, 4) is 44.5 Å². The van der Waals surface area contributed by atoms with E-state index in [1.807, 2.05) is 0 Å². The molecule has 1 nitrogen and oxygen atoms in total. The van der Waals surface area contributed by atoms with Gasteiger partial charge in [-0.2, -0.15) is 0 Å². The molecule has 1 aliphatic carbocycles. The van der Waals surface area contributed by atoms with Gasteiger partial charge in [-0.15, -0.1) is 0 Å². The number of benzene rings is 10. The second-order valence-electron chi connectivity index (χ2n) is 25.9. The minimum atomic E-state index is 0.0458. The van der Waals surface area contributed by atoms with Gasteiger partial charge in [-0.3, -0.25) is 0 Å². The first kappa shape index (κ1) is 60.5. The summed E-state index contributed by atoms with van der Waals surface area (Å²) < 4.78 is 0. The smallest absolute Gasteiger partial charge is 0.0468 e. The van der Waals surface area contributed by atoms with Crippen LogP contribution in [-0.2, 0) is 18.3 Å². The first-order chi connectivity index (χ1) is 42.3. The van der Waals surface area contributed by atoms with E-state index in [0.29, 0.717) is 0 Å². The zero-order valence-corrected chi connectivity index (χ0v) is 53.3. The van der Waals surface area contributed by atoms with Crippen molar-refractivity contribution in [2.24, 2.45) is 0 Å². The molecule has 11 rings (SSSR count). The monoisotopic (exact) mass is 1130 g/mol. The van der Waals surface area contributed by atoms with E-state index in [1.54, 1.807) is 11.1 Å². The van der Waals surface area contributed by atoms with Crippen molar-refractivity contribution < 1.29 is 0 Å². The lowest BCUT2D eigenvalue weighted by atomic mass is 9.70. The van der Waals surface area contributed by atoms with E-state index in [4.69, 9.17) is 0 Å². The predicted octanol–water partition coefficient (Wildman–Crippen LogP) is 26.2. The standard InChI is InChI=1S/C85H97N/c1-7-11-15-19-21-28-54-85(55-29-22-20-16-12-8-2)81-56-63(6)36-50-75(81)76-53-44-70(61-82(76)85)66-41-47-73(48-42-66)86(72-45-34-62(5)35-46-72)74-49-43-68-59-71(40-39-69(68)60-74)84-78-52-38-64(30-24-17-13-9-3)57-79(78)83(67-32-26-23-27-33-67)77-51-37-65(58-80(77)84)31-25-18-14-10-4/h23,26-27,32-53,56-61H,7-22,24-25,28-31,54-55H2,1-6H3. The van der Waals surface area contributed by atoms with E-state index >= 15 is 0 Å². The molecule has 1 aliphatic rings. The van der Waals surface area contributed by atoms with E-state index < -0.39 is 0 Å². The summed E-state index contributed by atoms with van der Waals surface area (Å²) in [4.78, 5) is 2.45. The fourth-order valence-corrected chi connectivity index (χ4v) is 14.7. The van der Waals surface area contributed by atoms with E-state index in [1.165, 1.54) is 240 Å². The number of hydrogen-bond acceptors (Lipinski definition) is 1. The van der Waals surface area contributed by atoms with E-state index in [0.717, 1.165) is 29.9 Å². The first-order valence-electron chi connectivity index (χ1n) is 34.1. The van der Waals surface area contributed by atoms with Crippen LogP contribution in [0.5, 0.6) is 0 Å². The third kappa shape index (κ3) is 13.5. The zero-order valence-electron chi connectivity index (χ0n) is 53.3. The lowest BCUT2D eigenvalue weighted by Crippen LogP contribution is -2.25. The predicted molar refractivity (Wildman–Crippen MR) is 377 cm³/mol. The highest BCUT2D eigenvalue weighted by atomic mass is 15.1. The number of fused-ring (bicyclic) bond motifs is 6. The van der Waals surface area contributed by atoms with Crippen LogP contribution < -0.4 is 4.90 Å². The van der Waals surface area contributed by atoms with E-state index in [9.17, 15) is 0 Å². The van der Waals surface area contributed by atoms with Crippen molar-refractivity contribution in [2.75, 3.05) is 4.90 Å². The Morgan fingerprint density at radius 1 is 0.302 bits per heavy atom. The Bertz CT molecular complexity index is 3820. The lowest BCUT2D eigenvalue weighted by molar-refractivity contribution is 0.398. The van der Waals surface area contributed by atoms with Crippen molar-refractivity contribution in [1.82, 2.24) is 0 Å². The molecule has 10 aromatic rings. The molecule has 0 atom stereocenters. The van der Waals surface area contributed by atoms with Gasteiger partial charge in [-0.1, -0.05) is 294 Å². The van der Waals surface area contributed by atoms with Gasteiger partial charge in [0.05, 0.1) is 0 Å². The summed E-state index contributed by atoms with van der Waals surface area (Å²) in [7, 11) is 0. The summed E-state index contributed by atoms with van der Waals surface area (Å²) in [6.45, 7) is 13.8. The molecule has 0 bridgehead atoms. The summed E-state index contributed by atoms with van der Waals surface area (Å²) >= 11 is 0. The fraction of sp³-hybridized carbons (Fsp3) is 0.365. The summed E-state index contributed by atoms with van der Waals surface area (Å²) in [5, 5.41) is 7.87. The second-order valence-corrected chi connectivity index (χ2v) is 25.9. The maximum Gasteiger partial charge on any atom is 0.0468 e. The normalized spacial score (nSPS) is 12.6. The van der Waals surface area contributed by atoms with E-state index in [2.05, 4.69) is 234 Å². The fourth-order valence-electron chi connectivity index (χ4n) is 14.7. The van der Waals surface area contributed by atoms with Gasteiger partial charge in [0.1, 0.15) is 0 Å². The Balaban J connectivity index is 0.959. The van der Waals surface area contributed by atoms with Crippen LogP contribution in [0.15, 0.2) is 188 Å². The SMILES string of the molecule is CCCCCCCCC1(CCCCCCCC)c2cc(C)ccc2-c2ccc(-c3ccc(N(c4ccc(C)cc4)c4ccc5cc(-c6c7ccc(CCCCCC)cc7c(-c7ccccc7)c7ccc(CCCCCC)cc67)ccc5c4)cc3)cc21. The number of nitrogens with zero attached hydrogens (tertiary/aromatic N) is 1. The Labute approximate surface area is 518 Å². The molecule has 0 unspecified atom stereocenters. The third-order valence-corrected chi connectivity index (χ3v) is 19.5. The topological polar surface area (TPSA) is 3.24 Å². The van der Waals surface area contributed by atoms with Crippen molar-refractivity contribution >= 4 is 49.4 Å². The highest BCUT2D eigenvalue weighted by Gasteiger charge is 2.42. The second kappa shape index (κ2) is 29.0. The molecule has 0 saturated heterocycles. The Kier molecular flexibility index (Phi) is 20.4. The van der Waals surface area contributed by atoms with E-state index in [-0.39, 0.29) is 5.41 Å². The minimum Gasteiger partial charge on any atom is -0.310 e. The molecule has 0 aliphatic heterocycles. The van der Waals surface area contributed by atoms with Gasteiger partial charge in [0, 0.05) is 22.5 Å². The maximum atomic E-state index is 2.62. The number of unbranched alkanes of at least 4 members (excludes halogenated alkanes) is 16. The lowest BCUT2D eigenvalue weighted by Gasteiger charge is -2.33. The average molecular weight is 1130 g/mol. The van der Waals surface area contributed by atoms with Crippen LogP contribution in [0.25, 0.3) is 76.8 Å². The molecule has 0 heterocycles. The number of rotatable bonds is 30. The highest BCUT2D eigenvalue weighted by Crippen LogP contribution is 2.56. The van der Waals surface area contributed by atoms with Crippen molar-refractivity contribution in [2.45, 2.75) is 201 Å².